The first kappa shape index (κ1) is 7.50. The highest BCUT2D eigenvalue weighted by molar-refractivity contribution is 5.72. The molecule has 1 rings (SSSR count). The molecule has 0 aromatic carbocycles. The first-order valence-electron chi connectivity index (χ1n) is 3.20. The van der Waals surface area contributed by atoms with Gasteiger partial charge >= 0.3 is 5.97 Å². The Balaban J connectivity index is 2.39. The van der Waals surface area contributed by atoms with Crippen molar-refractivity contribution in [2.75, 3.05) is 13.2 Å². The Hall–Kier alpha value is -0.610. The van der Waals surface area contributed by atoms with E-state index in [9.17, 15) is 4.79 Å². The molecule has 0 amide bonds. The van der Waals surface area contributed by atoms with E-state index in [2.05, 4.69) is 0 Å². The second kappa shape index (κ2) is 2.98. The topological polar surface area (TPSA) is 66.8 Å². The van der Waals surface area contributed by atoms with Crippen molar-refractivity contribution in [1.82, 2.24) is 0 Å². The maximum atomic E-state index is 10.2. The normalized spacial score (nSPS) is 28.3. The van der Waals surface area contributed by atoms with Gasteiger partial charge in [-0.3, -0.25) is 0 Å². The molecular weight excluding hydrogens is 136 g/mol. The lowest BCUT2D eigenvalue weighted by Gasteiger charge is -2.09. The van der Waals surface area contributed by atoms with Gasteiger partial charge in [-0.25, -0.2) is 4.79 Å². The Labute approximate surface area is 58.4 Å². The summed E-state index contributed by atoms with van der Waals surface area (Å²) in [6.45, 7) is 0.933. The highest BCUT2D eigenvalue weighted by Gasteiger charge is 2.28. The molecule has 58 valence electrons. The molecule has 10 heavy (non-hydrogen) atoms. The van der Waals surface area contributed by atoms with Gasteiger partial charge in [-0.05, 0) is 6.42 Å². The molecule has 2 unspecified atom stereocenters. The summed E-state index contributed by atoms with van der Waals surface area (Å²) in [4.78, 5) is 10.2. The van der Waals surface area contributed by atoms with Crippen LogP contribution in [0, 0.1) is 5.92 Å². The summed E-state index contributed by atoms with van der Waals surface area (Å²) in [6, 6.07) is 0. The number of ether oxygens (including phenoxy) is 1. The zero-order valence-electron chi connectivity index (χ0n) is 5.49. The zero-order valence-corrected chi connectivity index (χ0v) is 5.49. The van der Waals surface area contributed by atoms with Crippen molar-refractivity contribution < 1.29 is 19.7 Å². The van der Waals surface area contributed by atoms with Crippen LogP contribution in [0.2, 0.25) is 0 Å². The third kappa shape index (κ3) is 1.46. The maximum Gasteiger partial charge on any atom is 0.332 e. The average molecular weight is 146 g/mol. The molecule has 0 spiro atoms. The molecule has 4 heteroatoms. The van der Waals surface area contributed by atoms with Gasteiger partial charge in [0.1, 0.15) is 0 Å². The fraction of sp³-hybridized carbons (Fsp3) is 0.833. The van der Waals surface area contributed by atoms with Crippen LogP contribution in [-0.4, -0.2) is 35.5 Å². The number of carbonyl (C=O) groups is 1. The summed E-state index contributed by atoms with van der Waals surface area (Å²) in [6.07, 6.45) is -0.601. The molecule has 2 N–H and O–H groups in total. The predicted molar refractivity (Wildman–Crippen MR) is 32.6 cm³/mol. The Morgan fingerprint density at radius 2 is 2.40 bits per heavy atom. The lowest BCUT2D eigenvalue weighted by molar-refractivity contribution is -0.149. The highest BCUT2D eigenvalue weighted by atomic mass is 16.5. The smallest absolute Gasteiger partial charge is 0.332 e. The van der Waals surface area contributed by atoms with E-state index in [4.69, 9.17) is 14.9 Å². The number of hydrogen-bond acceptors (Lipinski definition) is 3. The molecule has 0 radical (unpaired) electrons. The van der Waals surface area contributed by atoms with Crippen LogP contribution in [-0.2, 0) is 9.53 Å². The number of aliphatic hydroxyl groups excluding tert-OH is 1. The number of aliphatic carboxylic acids is 1. The van der Waals surface area contributed by atoms with E-state index in [0.29, 0.717) is 19.6 Å². The van der Waals surface area contributed by atoms with Gasteiger partial charge < -0.3 is 14.9 Å². The van der Waals surface area contributed by atoms with Crippen LogP contribution in [0.3, 0.4) is 0 Å². The fourth-order valence-electron chi connectivity index (χ4n) is 1.00. The molecule has 0 aliphatic carbocycles. The largest absolute Gasteiger partial charge is 0.479 e. The van der Waals surface area contributed by atoms with Crippen molar-refractivity contribution in [2.24, 2.45) is 5.92 Å². The van der Waals surface area contributed by atoms with E-state index >= 15 is 0 Å². The van der Waals surface area contributed by atoms with E-state index in [1.807, 2.05) is 0 Å². The van der Waals surface area contributed by atoms with Crippen LogP contribution in [0.15, 0.2) is 0 Å². The summed E-state index contributed by atoms with van der Waals surface area (Å²) >= 11 is 0. The molecule has 1 saturated heterocycles. The average Bonchev–Trinajstić information content (AvgIpc) is 2.36. The zero-order chi connectivity index (χ0) is 7.56. The van der Waals surface area contributed by atoms with Gasteiger partial charge in [0.25, 0.3) is 0 Å². The van der Waals surface area contributed by atoms with Gasteiger partial charge in [0, 0.05) is 12.5 Å². The van der Waals surface area contributed by atoms with Crippen molar-refractivity contribution in [1.29, 1.82) is 0 Å². The van der Waals surface area contributed by atoms with Crippen molar-refractivity contribution in [3.63, 3.8) is 0 Å². The standard InChI is InChI=1S/C6H10O4/c7-5(6(8)9)4-1-2-10-3-4/h4-5,7H,1-3H2,(H,8,9). The molecule has 1 aliphatic rings. The van der Waals surface area contributed by atoms with Crippen molar-refractivity contribution in [2.45, 2.75) is 12.5 Å². The van der Waals surface area contributed by atoms with Gasteiger partial charge in [-0.15, -0.1) is 0 Å². The van der Waals surface area contributed by atoms with Gasteiger partial charge in [0.05, 0.1) is 6.61 Å². The summed E-state index contributed by atoms with van der Waals surface area (Å²) in [7, 11) is 0. The minimum atomic E-state index is -1.25. The molecule has 1 aliphatic heterocycles. The van der Waals surface area contributed by atoms with Crippen LogP contribution in [0.1, 0.15) is 6.42 Å². The minimum absolute atomic E-state index is 0.211. The summed E-state index contributed by atoms with van der Waals surface area (Å²) in [5, 5.41) is 17.3. The van der Waals surface area contributed by atoms with Crippen molar-refractivity contribution in [3.8, 4) is 0 Å². The van der Waals surface area contributed by atoms with Gasteiger partial charge in [0.2, 0.25) is 0 Å². The van der Waals surface area contributed by atoms with E-state index in [1.165, 1.54) is 0 Å². The molecule has 0 saturated carbocycles. The van der Waals surface area contributed by atoms with Gasteiger partial charge in [0.15, 0.2) is 6.10 Å². The molecule has 0 aromatic heterocycles. The monoisotopic (exact) mass is 146 g/mol. The second-order valence-corrected chi connectivity index (χ2v) is 2.41. The lowest BCUT2D eigenvalue weighted by Crippen LogP contribution is -2.29. The summed E-state index contributed by atoms with van der Waals surface area (Å²) in [5.74, 6) is -1.37. The van der Waals surface area contributed by atoms with Crippen LogP contribution in [0.25, 0.3) is 0 Å². The minimum Gasteiger partial charge on any atom is -0.479 e. The molecule has 4 nitrogen and oxygen atoms in total. The fourth-order valence-corrected chi connectivity index (χ4v) is 1.00. The molecular formula is C6H10O4. The quantitative estimate of drug-likeness (QED) is 0.549. The predicted octanol–water partition coefficient (Wildman–Crippen LogP) is -0.532. The Morgan fingerprint density at radius 3 is 2.80 bits per heavy atom. The molecule has 0 aromatic rings. The maximum absolute atomic E-state index is 10.2. The SMILES string of the molecule is O=C(O)C(O)C1CCOC1. The summed E-state index contributed by atoms with van der Waals surface area (Å²) in [5.41, 5.74) is 0. The van der Waals surface area contributed by atoms with E-state index < -0.39 is 12.1 Å². The molecule has 0 bridgehead atoms. The number of carboxylic acid groups (broad SMARTS) is 1. The van der Waals surface area contributed by atoms with Crippen LogP contribution >= 0.6 is 0 Å². The highest BCUT2D eigenvalue weighted by Crippen LogP contribution is 2.16. The van der Waals surface area contributed by atoms with E-state index in [-0.39, 0.29) is 5.92 Å². The first-order chi connectivity index (χ1) is 4.72. The lowest BCUT2D eigenvalue weighted by atomic mass is 10.0. The third-order valence-corrected chi connectivity index (χ3v) is 1.66. The number of rotatable bonds is 2. The van der Waals surface area contributed by atoms with Crippen LogP contribution in [0.4, 0.5) is 0 Å². The number of aliphatic hydroxyl groups is 1. The van der Waals surface area contributed by atoms with Crippen LogP contribution < -0.4 is 0 Å². The van der Waals surface area contributed by atoms with E-state index in [1.54, 1.807) is 0 Å². The Kier molecular flexibility index (Phi) is 2.24. The first-order valence-corrected chi connectivity index (χ1v) is 3.20. The number of carboxylic acids is 1. The Morgan fingerprint density at radius 1 is 1.70 bits per heavy atom. The molecule has 1 heterocycles. The van der Waals surface area contributed by atoms with Gasteiger partial charge in [-0.1, -0.05) is 0 Å². The van der Waals surface area contributed by atoms with Crippen molar-refractivity contribution in [3.05, 3.63) is 0 Å². The Bertz CT molecular complexity index is 128. The van der Waals surface area contributed by atoms with Crippen molar-refractivity contribution >= 4 is 5.97 Å². The molecule has 2 atom stereocenters. The van der Waals surface area contributed by atoms with Gasteiger partial charge in [-0.2, -0.15) is 0 Å². The van der Waals surface area contributed by atoms with E-state index in [0.717, 1.165) is 0 Å². The third-order valence-electron chi connectivity index (χ3n) is 1.66. The second-order valence-electron chi connectivity index (χ2n) is 2.41. The summed E-state index contributed by atoms with van der Waals surface area (Å²) < 4.78 is 4.91. The van der Waals surface area contributed by atoms with Crippen LogP contribution in [0.5, 0.6) is 0 Å². The number of hydrogen-bond donors (Lipinski definition) is 2. The molecule has 1 fully saturated rings.